The van der Waals surface area contributed by atoms with Gasteiger partial charge in [0.2, 0.25) is 12.7 Å². The van der Waals surface area contributed by atoms with Gasteiger partial charge in [0.05, 0.1) is 23.6 Å². The zero-order chi connectivity index (χ0) is 24.5. The summed E-state index contributed by atoms with van der Waals surface area (Å²) >= 11 is 0. The maximum Gasteiger partial charge on any atom is 0.490 e. The number of nitrogens with one attached hydrogen (secondary N) is 1. The first-order valence-corrected chi connectivity index (χ1v) is 10.8. The standard InChI is InChI=1S/C20H24N4O3.C2HF3O2/c1-23-11-22-16-10-24(8-14-4-5-17-18(6-14)27-12-26-17)9-15(19(16)23)20(25)21-7-13-2-3-13;3-2(4,5)1(6)7/h4-6,11,13,15H,2-3,7-10,12H2,1H3,(H,21,25);(H,6,7). The maximum atomic E-state index is 12.9. The average molecular weight is 482 g/mol. The van der Waals surface area contributed by atoms with Crippen LogP contribution in [0.25, 0.3) is 0 Å². The van der Waals surface area contributed by atoms with E-state index in [1.807, 2.05) is 30.1 Å². The lowest BCUT2D eigenvalue weighted by Gasteiger charge is -2.32. The number of amides is 1. The third kappa shape index (κ3) is 5.61. The lowest BCUT2D eigenvalue weighted by molar-refractivity contribution is -0.192. The van der Waals surface area contributed by atoms with Gasteiger partial charge >= 0.3 is 12.1 Å². The maximum absolute atomic E-state index is 12.9. The highest BCUT2D eigenvalue weighted by Gasteiger charge is 2.38. The molecule has 2 aromatic rings. The number of carbonyl (C=O) groups excluding carboxylic acids is 1. The molecular weight excluding hydrogens is 457 g/mol. The number of rotatable bonds is 5. The fourth-order valence-corrected chi connectivity index (χ4v) is 3.99. The summed E-state index contributed by atoms with van der Waals surface area (Å²) in [4.78, 5) is 28.6. The highest BCUT2D eigenvalue weighted by Crippen LogP contribution is 2.34. The summed E-state index contributed by atoms with van der Waals surface area (Å²) in [6.45, 7) is 3.27. The molecule has 34 heavy (non-hydrogen) atoms. The fraction of sp³-hybridized carbons (Fsp3) is 0.500. The minimum absolute atomic E-state index is 0.113. The molecule has 3 aliphatic rings. The molecule has 1 unspecified atom stereocenters. The van der Waals surface area contributed by atoms with Gasteiger partial charge in [0.1, 0.15) is 0 Å². The van der Waals surface area contributed by atoms with E-state index in [-0.39, 0.29) is 18.6 Å². The first-order valence-electron chi connectivity index (χ1n) is 10.8. The highest BCUT2D eigenvalue weighted by molar-refractivity contribution is 5.84. The van der Waals surface area contributed by atoms with Gasteiger partial charge < -0.3 is 24.5 Å². The van der Waals surface area contributed by atoms with Crippen molar-refractivity contribution in [2.24, 2.45) is 13.0 Å². The number of aromatic nitrogens is 2. The van der Waals surface area contributed by atoms with Crippen LogP contribution >= 0.6 is 0 Å². The molecule has 1 aromatic carbocycles. The molecule has 184 valence electrons. The summed E-state index contributed by atoms with van der Waals surface area (Å²) in [6, 6.07) is 6.04. The summed E-state index contributed by atoms with van der Waals surface area (Å²) < 4.78 is 44.6. The lowest BCUT2D eigenvalue weighted by atomic mass is 9.96. The van der Waals surface area contributed by atoms with E-state index >= 15 is 0 Å². The van der Waals surface area contributed by atoms with E-state index in [1.165, 1.54) is 12.8 Å². The number of benzene rings is 1. The normalized spacial score (nSPS) is 19.1. The number of carboxylic acid groups (broad SMARTS) is 1. The van der Waals surface area contributed by atoms with Crippen LogP contribution < -0.4 is 14.8 Å². The Labute approximate surface area is 193 Å². The number of nitrogens with zero attached hydrogens (tertiary/aromatic N) is 3. The predicted molar refractivity (Wildman–Crippen MR) is 112 cm³/mol. The van der Waals surface area contributed by atoms with Crippen LogP contribution in [0.5, 0.6) is 11.5 Å². The zero-order valence-corrected chi connectivity index (χ0v) is 18.5. The number of carbonyl (C=O) groups is 2. The Bertz CT molecular complexity index is 1070. The number of aliphatic carboxylic acids is 1. The highest BCUT2D eigenvalue weighted by atomic mass is 19.4. The summed E-state index contributed by atoms with van der Waals surface area (Å²) in [5.74, 6) is -0.569. The van der Waals surface area contributed by atoms with Crippen LogP contribution in [0.15, 0.2) is 24.5 Å². The van der Waals surface area contributed by atoms with Gasteiger partial charge in [0.25, 0.3) is 0 Å². The number of alkyl halides is 3. The summed E-state index contributed by atoms with van der Waals surface area (Å²) in [5.41, 5.74) is 3.19. The smallest absolute Gasteiger partial charge is 0.475 e. The summed E-state index contributed by atoms with van der Waals surface area (Å²) in [7, 11) is 1.97. The molecule has 0 radical (unpaired) electrons. The van der Waals surface area contributed by atoms with E-state index in [4.69, 9.17) is 19.4 Å². The van der Waals surface area contributed by atoms with Crippen LogP contribution in [0, 0.1) is 5.92 Å². The Morgan fingerprint density at radius 1 is 1.24 bits per heavy atom. The predicted octanol–water partition coefficient (Wildman–Crippen LogP) is 2.41. The number of fused-ring (bicyclic) bond motifs is 2. The van der Waals surface area contributed by atoms with Crippen molar-refractivity contribution >= 4 is 11.9 Å². The molecule has 0 saturated heterocycles. The molecule has 12 heteroatoms. The molecule has 1 aromatic heterocycles. The number of hydrogen-bond acceptors (Lipinski definition) is 6. The quantitative estimate of drug-likeness (QED) is 0.674. The second-order valence-corrected chi connectivity index (χ2v) is 8.59. The molecule has 1 aliphatic carbocycles. The monoisotopic (exact) mass is 482 g/mol. The third-order valence-corrected chi connectivity index (χ3v) is 5.87. The van der Waals surface area contributed by atoms with Crippen molar-refractivity contribution in [2.45, 2.75) is 38.0 Å². The van der Waals surface area contributed by atoms with Crippen LogP contribution in [0.3, 0.4) is 0 Å². The van der Waals surface area contributed by atoms with Crippen molar-refractivity contribution in [1.29, 1.82) is 0 Å². The van der Waals surface area contributed by atoms with Crippen molar-refractivity contribution < 1.29 is 37.3 Å². The molecule has 1 saturated carbocycles. The second kappa shape index (κ2) is 9.53. The van der Waals surface area contributed by atoms with Crippen LogP contribution in [-0.2, 0) is 29.7 Å². The Balaban J connectivity index is 0.000000344. The molecular formula is C22H25F3N4O5. The van der Waals surface area contributed by atoms with E-state index in [9.17, 15) is 18.0 Å². The summed E-state index contributed by atoms with van der Waals surface area (Å²) in [5, 5.41) is 10.3. The molecule has 1 atom stereocenters. The Hall–Kier alpha value is -3.28. The number of imidazole rings is 1. The second-order valence-electron chi connectivity index (χ2n) is 8.59. The molecule has 1 fully saturated rings. The van der Waals surface area contributed by atoms with E-state index < -0.39 is 12.1 Å². The van der Waals surface area contributed by atoms with E-state index in [0.29, 0.717) is 12.5 Å². The SMILES string of the molecule is Cn1cnc2c1C(C(=O)NCC1CC1)CN(Cc1ccc3c(c1)OCO3)C2.O=C(O)C(F)(F)F. The number of aryl methyl sites for hydroxylation is 1. The minimum atomic E-state index is -5.08. The largest absolute Gasteiger partial charge is 0.490 e. The van der Waals surface area contributed by atoms with Crippen molar-refractivity contribution in [1.82, 2.24) is 19.8 Å². The van der Waals surface area contributed by atoms with Crippen LogP contribution in [-0.4, -0.2) is 57.5 Å². The summed E-state index contributed by atoms with van der Waals surface area (Å²) in [6.07, 6.45) is -0.799. The Morgan fingerprint density at radius 3 is 2.62 bits per heavy atom. The number of carboxylic acids is 1. The molecule has 5 rings (SSSR count). The van der Waals surface area contributed by atoms with Gasteiger partial charge in [-0.2, -0.15) is 13.2 Å². The average Bonchev–Trinajstić information content (AvgIpc) is 3.37. The number of hydrogen-bond donors (Lipinski definition) is 2. The van der Waals surface area contributed by atoms with Crippen molar-refractivity contribution in [2.75, 3.05) is 19.9 Å². The van der Waals surface area contributed by atoms with Gasteiger partial charge in [0.15, 0.2) is 11.5 Å². The molecule has 3 heterocycles. The zero-order valence-electron chi connectivity index (χ0n) is 18.5. The van der Waals surface area contributed by atoms with Gasteiger partial charge in [-0.25, -0.2) is 9.78 Å². The van der Waals surface area contributed by atoms with E-state index in [0.717, 1.165) is 48.1 Å². The third-order valence-electron chi connectivity index (χ3n) is 5.87. The molecule has 2 N–H and O–H groups in total. The molecule has 0 bridgehead atoms. The van der Waals surface area contributed by atoms with Crippen molar-refractivity contribution in [3.05, 3.63) is 41.5 Å². The van der Waals surface area contributed by atoms with Gasteiger partial charge in [-0.1, -0.05) is 6.07 Å². The van der Waals surface area contributed by atoms with Crippen LogP contribution in [0.2, 0.25) is 0 Å². The first-order chi connectivity index (χ1) is 16.1. The van der Waals surface area contributed by atoms with E-state index in [2.05, 4.69) is 21.3 Å². The number of ether oxygens (including phenoxy) is 2. The van der Waals surface area contributed by atoms with Crippen LogP contribution in [0.1, 0.15) is 35.7 Å². The van der Waals surface area contributed by atoms with Gasteiger partial charge in [-0.3, -0.25) is 9.69 Å². The van der Waals surface area contributed by atoms with Gasteiger partial charge in [-0.15, -0.1) is 0 Å². The van der Waals surface area contributed by atoms with Crippen molar-refractivity contribution in [3.8, 4) is 11.5 Å². The molecule has 0 spiro atoms. The Morgan fingerprint density at radius 2 is 1.94 bits per heavy atom. The fourth-order valence-electron chi connectivity index (χ4n) is 3.99. The van der Waals surface area contributed by atoms with Crippen LogP contribution in [0.4, 0.5) is 13.2 Å². The lowest BCUT2D eigenvalue weighted by Crippen LogP contribution is -2.42. The number of halogens is 3. The van der Waals surface area contributed by atoms with Gasteiger partial charge in [-0.05, 0) is 36.5 Å². The minimum Gasteiger partial charge on any atom is -0.475 e. The first kappa shape index (κ1) is 23.9. The molecule has 9 nitrogen and oxygen atoms in total. The Kier molecular flexibility index (Phi) is 6.69. The topological polar surface area (TPSA) is 106 Å². The van der Waals surface area contributed by atoms with Crippen molar-refractivity contribution in [3.63, 3.8) is 0 Å². The molecule has 2 aliphatic heterocycles. The van der Waals surface area contributed by atoms with Gasteiger partial charge in [0, 0.05) is 33.2 Å². The van der Waals surface area contributed by atoms with E-state index in [1.54, 1.807) is 0 Å². The molecule has 1 amide bonds.